The van der Waals surface area contributed by atoms with Crippen LogP contribution in [-0.4, -0.2) is 20.9 Å². The molecule has 0 saturated heterocycles. The van der Waals surface area contributed by atoms with E-state index in [9.17, 15) is 4.79 Å². The maximum absolute atomic E-state index is 11.5. The zero-order valence-electron chi connectivity index (χ0n) is 9.83. The van der Waals surface area contributed by atoms with Crippen LogP contribution in [0.5, 0.6) is 0 Å². The van der Waals surface area contributed by atoms with Crippen molar-refractivity contribution in [1.29, 1.82) is 0 Å². The molecule has 0 bridgehead atoms. The van der Waals surface area contributed by atoms with E-state index >= 15 is 0 Å². The van der Waals surface area contributed by atoms with Gasteiger partial charge in [-0.15, -0.1) is 0 Å². The van der Waals surface area contributed by atoms with Gasteiger partial charge in [-0.2, -0.15) is 0 Å². The number of primary amides is 1. The van der Waals surface area contributed by atoms with Crippen LogP contribution >= 0.6 is 11.8 Å². The maximum atomic E-state index is 11.5. The van der Waals surface area contributed by atoms with Gasteiger partial charge in [-0.25, -0.2) is 0 Å². The predicted molar refractivity (Wildman–Crippen MR) is 73.0 cm³/mol. The summed E-state index contributed by atoms with van der Waals surface area (Å²) in [5.74, 6) is -0.491. The monoisotopic (exact) mass is 270 g/mol. The lowest BCUT2D eigenvalue weighted by atomic mass is 10.3. The van der Waals surface area contributed by atoms with Crippen LogP contribution in [0, 0.1) is 0 Å². The lowest BCUT2D eigenvalue weighted by Crippen LogP contribution is -2.12. The summed E-state index contributed by atoms with van der Waals surface area (Å²) in [6.07, 6.45) is 5.10. The Balaban J connectivity index is 2.15. The van der Waals surface area contributed by atoms with E-state index in [0.717, 1.165) is 20.8 Å². The first kappa shape index (κ1) is 11.7. The first-order valence-corrected chi connectivity index (χ1v) is 6.42. The van der Waals surface area contributed by atoms with Crippen LogP contribution in [-0.2, 0) is 0 Å². The normalized spacial score (nSPS) is 10.7. The van der Waals surface area contributed by atoms with E-state index in [0.29, 0.717) is 5.69 Å². The fourth-order valence-corrected chi connectivity index (χ4v) is 2.80. The van der Waals surface area contributed by atoms with Crippen LogP contribution in [0.15, 0.2) is 52.6 Å². The minimum atomic E-state index is -0.491. The Kier molecular flexibility index (Phi) is 2.92. The maximum Gasteiger partial charge on any atom is 0.266 e. The number of hydrogen-bond acceptors (Lipinski definition) is 4. The van der Waals surface area contributed by atoms with Crippen molar-refractivity contribution >= 4 is 28.7 Å². The Labute approximate surface area is 113 Å². The van der Waals surface area contributed by atoms with Crippen LogP contribution in [0.1, 0.15) is 10.5 Å². The average molecular weight is 270 g/mol. The Morgan fingerprint density at radius 1 is 1.21 bits per heavy atom. The number of aromatic nitrogens is 3. The van der Waals surface area contributed by atoms with E-state index in [4.69, 9.17) is 5.73 Å². The molecule has 3 aromatic heterocycles. The van der Waals surface area contributed by atoms with Gasteiger partial charge in [-0.3, -0.25) is 14.8 Å². The van der Waals surface area contributed by atoms with Crippen molar-refractivity contribution in [1.82, 2.24) is 15.0 Å². The summed E-state index contributed by atoms with van der Waals surface area (Å²) in [5, 5.41) is 0. The van der Waals surface area contributed by atoms with Gasteiger partial charge in [-0.1, -0.05) is 11.8 Å². The van der Waals surface area contributed by atoms with E-state index in [-0.39, 0.29) is 0 Å². The van der Waals surface area contributed by atoms with Crippen molar-refractivity contribution in [2.24, 2.45) is 5.73 Å². The van der Waals surface area contributed by atoms with Crippen LogP contribution in [0.25, 0.3) is 11.0 Å². The smallest absolute Gasteiger partial charge is 0.266 e. The van der Waals surface area contributed by atoms with E-state index < -0.39 is 5.91 Å². The number of nitrogens with two attached hydrogens (primary N) is 1. The molecule has 0 saturated carbocycles. The molecule has 0 radical (unpaired) electrons. The first-order valence-electron chi connectivity index (χ1n) is 5.60. The molecule has 3 heterocycles. The van der Waals surface area contributed by atoms with Crippen molar-refractivity contribution in [2.45, 2.75) is 9.79 Å². The molecule has 0 aliphatic rings. The first-order chi connectivity index (χ1) is 9.25. The quantitative estimate of drug-likeness (QED) is 0.764. The third-order valence-corrected chi connectivity index (χ3v) is 3.74. The fourth-order valence-electron chi connectivity index (χ4n) is 1.79. The number of fused-ring (bicyclic) bond motifs is 1. The number of aromatic amines is 1. The van der Waals surface area contributed by atoms with E-state index in [2.05, 4.69) is 15.0 Å². The van der Waals surface area contributed by atoms with Gasteiger partial charge in [-0.05, 0) is 24.3 Å². The van der Waals surface area contributed by atoms with Gasteiger partial charge in [0.25, 0.3) is 5.91 Å². The number of hydrogen-bond donors (Lipinski definition) is 2. The fraction of sp³-hybridized carbons (Fsp3) is 0. The molecule has 0 aliphatic heterocycles. The second-order valence-corrected chi connectivity index (χ2v) is 4.96. The van der Waals surface area contributed by atoms with E-state index in [1.807, 2.05) is 24.3 Å². The topological polar surface area (TPSA) is 84.7 Å². The molecule has 6 heteroatoms. The van der Waals surface area contributed by atoms with Gasteiger partial charge in [0.15, 0.2) is 0 Å². The molecule has 0 fully saturated rings. The van der Waals surface area contributed by atoms with Gasteiger partial charge in [0.05, 0.1) is 10.4 Å². The highest BCUT2D eigenvalue weighted by molar-refractivity contribution is 7.99. The summed E-state index contributed by atoms with van der Waals surface area (Å²) in [5.41, 5.74) is 7.34. The summed E-state index contributed by atoms with van der Waals surface area (Å²) in [7, 11) is 0. The largest absolute Gasteiger partial charge is 0.364 e. The molecule has 0 aliphatic carbocycles. The zero-order chi connectivity index (χ0) is 13.2. The Morgan fingerprint density at radius 2 is 2.00 bits per heavy atom. The number of amides is 1. The molecule has 3 N–H and O–H groups in total. The Morgan fingerprint density at radius 3 is 2.74 bits per heavy atom. The van der Waals surface area contributed by atoms with Crippen LogP contribution in [0.2, 0.25) is 0 Å². The number of nitrogens with zero attached hydrogens (tertiary/aromatic N) is 2. The van der Waals surface area contributed by atoms with E-state index in [1.165, 1.54) is 11.8 Å². The van der Waals surface area contributed by atoms with Gasteiger partial charge < -0.3 is 10.7 Å². The molecule has 0 atom stereocenters. The molecular weight excluding hydrogens is 260 g/mol. The summed E-state index contributed by atoms with van der Waals surface area (Å²) in [6.45, 7) is 0. The third kappa shape index (κ3) is 2.17. The Bertz CT molecular complexity index is 739. The molecule has 0 unspecified atom stereocenters. The Hall–Kier alpha value is -2.34. The molecule has 94 valence electrons. The predicted octanol–water partition coefficient (Wildman–Crippen LogP) is 2.21. The van der Waals surface area contributed by atoms with Crippen molar-refractivity contribution < 1.29 is 4.79 Å². The van der Waals surface area contributed by atoms with Gasteiger partial charge in [0.2, 0.25) is 0 Å². The second-order valence-electron chi connectivity index (χ2n) is 3.88. The summed E-state index contributed by atoms with van der Waals surface area (Å²) in [6, 6.07) is 7.42. The van der Waals surface area contributed by atoms with Gasteiger partial charge >= 0.3 is 0 Å². The zero-order valence-corrected chi connectivity index (χ0v) is 10.6. The molecule has 3 aromatic rings. The molecule has 5 nitrogen and oxygen atoms in total. The lowest BCUT2D eigenvalue weighted by molar-refractivity contribution is 0.0993. The van der Waals surface area contributed by atoms with Crippen LogP contribution < -0.4 is 5.73 Å². The van der Waals surface area contributed by atoms with Crippen LogP contribution in [0.4, 0.5) is 0 Å². The third-order valence-electron chi connectivity index (χ3n) is 2.63. The van der Waals surface area contributed by atoms with Crippen molar-refractivity contribution in [2.75, 3.05) is 0 Å². The van der Waals surface area contributed by atoms with Gasteiger partial charge in [0.1, 0.15) is 11.2 Å². The molecule has 3 rings (SSSR count). The number of rotatable bonds is 3. The van der Waals surface area contributed by atoms with Crippen molar-refractivity contribution in [3.05, 3.63) is 48.5 Å². The summed E-state index contributed by atoms with van der Waals surface area (Å²) in [4.78, 5) is 24.5. The number of nitrogens with one attached hydrogen (secondary N) is 1. The molecule has 1 amide bonds. The van der Waals surface area contributed by atoms with Crippen molar-refractivity contribution in [3.63, 3.8) is 0 Å². The average Bonchev–Trinajstić information content (AvgIpc) is 2.79. The SMILES string of the molecule is NC(=O)c1[nH]c2cccnc2c1Sc1ccncc1. The number of H-pyrrole nitrogens is 1. The van der Waals surface area contributed by atoms with Crippen LogP contribution in [0.3, 0.4) is 0 Å². The standard InChI is InChI=1S/C13H10N4OS/c14-13(18)11-12(19-8-3-6-15-7-4-8)10-9(17-11)2-1-5-16-10/h1-7,17H,(H2,14,18). The minimum Gasteiger partial charge on any atom is -0.364 e. The van der Waals surface area contributed by atoms with Crippen molar-refractivity contribution in [3.8, 4) is 0 Å². The highest BCUT2D eigenvalue weighted by atomic mass is 32.2. The molecule has 0 spiro atoms. The summed E-state index contributed by atoms with van der Waals surface area (Å²) >= 11 is 1.44. The summed E-state index contributed by atoms with van der Waals surface area (Å²) < 4.78 is 0. The molecular formula is C13H10N4OS. The highest BCUT2D eigenvalue weighted by Gasteiger charge is 2.17. The molecule has 0 aromatic carbocycles. The lowest BCUT2D eigenvalue weighted by Gasteiger charge is -2.01. The number of carbonyl (C=O) groups is 1. The van der Waals surface area contributed by atoms with Gasteiger partial charge in [0, 0.05) is 23.5 Å². The number of pyridine rings is 2. The highest BCUT2D eigenvalue weighted by Crippen LogP contribution is 2.35. The molecule has 19 heavy (non-hydrogen) atoms. The number of carbonyl (C=O) groups excluding carboxylic acids is 1. The second kappa shape index (κ2) is 4.74. The minimum absolute atomic E-state index is 0.385. The van der Waals surface area contributed by atoms with E-state index in [1.54, 1.807) is 18.6 Å².